The maximum Gasteiger partial charge on any atom is 0.573 e. The summed E-state index contributed by atoms with van der Waals surface area (Å²) in [7, 11) is -3.93. The number of carbonyl (C=O) groups excluding carboxylic acids is 1. The van der Waals surface area contributed by atoms with E-state index >= 15 is 0 Å². The van der Waals surface area contributed by atoms with Crippen LogP contribution in [0.5, 0.6) is 17.2 Å². The van der Waals surface area contributed by atoms with Crippen molar-refractivity contribution in [3.05, 3.63) is 48.5 Å². The molecule has 35 heavy (non-hydrogen) atoms. The van der Waals surface area contributed by atoms with Crippen LogP contribution in [0.3, 0.4) is 0 Å². The van der Waals surface area contributed by atoms with Crippen molar-refractivity contribution in [1.82, 2.24) is 5.06 Å². The van der Waals surface area contributed by atoms with Crippen LogP contribution in [0.4, 0.5) is 13.2 Å². The molecule has 2 aromatic carbocycles. The van der Waals surface area contributed by atoms with Crippen molar-refractivity contribution >= 4 is 16.2 Å². The molecule has 0 spiro atoms. The van der Waals surface area contributed by atoms with Gasteiger partial charge in [-0.1, -0.05) is 0 Å². The van der Waals surface area contributed by atoms with E-state index in [1.54, 1.807) is 13.8 Å². The van der Waals surface area contributed by atoms with E-state index in [4.69, 9.17) is 14.2 Å². The molecule has 1 unspecified atom stereocenters. The van der Waals surface area contributed by atoms with Crippen molar-refractivity contribution in [3.63, 3.8) is 0 Å². The number of rotatable bonds is 10. The Kier molecular flexibility index (Phi) is 7.94. The Morgan fingerprint density at radius 3 is 2.14 bits per heavy atom. The van der Waals surface area contributed by atoms with Crippen LogP contribution in [0.1, 0.15) is 20.3 Å². The average Bonchev–Trinajstić information content (AvgIpc) is 3.11. The minimum absolute atomic E-state index is 0.0349. The Morgan fingerprint density at radius 2 is 1.66 bits per heavy atom. The molecule has 3 rings (SSSR count). The lowest BCUT2D eigenvalue weighted by molar-refractivity contribution is -0.274. The molecule has 1 aliphatic rings. The predicted molar refractivity (Wildman–Crippen MR) is 115 cm³/mol. The minimum atomic E-state index is -4.81. The zero-order valence-corrected chi connectivity index (χ0v) is 19.6. The topological polar surface area (TPSA) is 112 Å². The van der Waals surface area contributed by atoms with Crippen LogP contribution < -0.4 is 9.47 Å². The van der Waals surface area contributed by atoms with Crippen LogP contribution >= 0.6 is 0 Å². The fourth-order valence-corrected chi connectivity index (χ4v) is 4.97. The van der Waals surface area contributed by atoms with Crippen LogP contribution in [-0.2, 0) is 24.1 Å². The van der Waals surface area contributed by atoms with Crippen LogP contribution in [0, 0.1) is 0 Å². The molecule has 0 saturated carbocycles. The summed E-state index contributed by atoms with van der Waals surface area (Å²) in [5.74, 6) is -1.38. The van der Waals surface area contributed by atoms with Crippen LogP contribution in [0.15, 0.2) is 53.4 Å². The molecule has 1 aliphatic heterocycles. The molecule has 2 atom stereocenters. The highest BCUT2D eigenvalue weighted by atomic mass is 32.2. The van der Waals surface area contributed by atoms with Crippen LogP contribution in [0.25, 0.3) is 0 Å². The molecular weight excluding hydrogens is 495 g/mol. The summed E-state index contributed by atoms with van der Waals surface area (Å²) in [6.07, 6.45) is -5.16. The predicted octanol–water partition coefficient (Wildman–Crippen LogP) is 3.91. The Balaban J connectivity index is 1.65. The van der Waals surface area contributed by atoms with Gasteiger partial charge in [0.2, 0.25) is 6.41 Å². The summed E-state index contributed by atoms with van der Waals surface area (Å²) >= 11 is 0. The summed E-state index contributed by atoms with van der Waals surface area (Å²) in [4.78, 5) is 11.0. The number of hydrogen-bond donors (Lipinski definition) is 1. The number of nitrogens with zero attached hydrogens (tertiary/aromatic N) is 1. The Morgan fingerprint density at radius 1 is 1.11 bits per heavy atom. The lowest BCUT2D eigenvalue weighted by Gasteiger charge is -2.25. The van der Waals surface area contributed by atoms with E-state index < -0.39 is 45.6 Å². The number of alkyl halides is 3. The molecular formula is C22H24F3NO8S. The molecule has 0 aromatic heterocycles. The van der Waals surface area contributed by atoms with Crippen molar-refractivity contribution in [1.29, 1.82) is 0 Å². The molecule has 2 aromatic rings. The molecule has 1 amide bonds. The SMILES string of the molecule is CC1(C)OCC(C[C@@H](CS(=O)(=O)c2ccc(Oc3ccc(OC(F)(F)F)cc3)cc2)N(O)C=O)O1. The molecule has 0 radical (unpaired) electrons. The third-order valence-electron chi connectivity index (χ3n) is 4.97. The maximum absolute atomic E-state index is 12.9. The van der Waals surface area contributed by atoms with Gasteiger partial charge in [0.15, 0.2) is 15.6 Å². The lowest BCUT2D eigenvalue weighted by atomic mass is 10.1. The number of benzene rings is 2. The number of ether oxygens (including phenoxy) is 4. The van der Waals surface area contributed by atoms with Gasteiger partial charge in [0.25, 0.3) is 0 Å². The second kappa shape index (κ2) is 10.4. The molecule has 1 heterocycles. The number of halogens is 3. The quantitative estimate of drug-likeness (QED) is 0.286. The van der Waals surface area contributed by atoms with Crippen LogP contribution in [-0.4, -0.2) is 61.8 Å². The first-order valence-corrected chi connectivity index (χ1v) is 12.0. The van der Waals surface area contributed by atoms with Crippen molar-refractivity contribution in [2.45, 2.75) is 49.5 Å². The summed E-state index contributed by atoms with van der Waals surface area (Å²) < 4.78 is 83.0. The third-order valence-corrected chi connectivity index (χ3v) is 6.79. The highest BCUT2D eigenvalue weighted by Gasteiger charge is 2.36. The summed E-state index contributed by atoms with van der Waals surface area (Å²) in [6, 6.07) is 8.92. The van der Waals surface area contributed by atoms with Gasteiger partial charge in [0.1, 0.15) is 17.2 Å². The fourth-order valence-electron chi connectivity index (χ4n) is 3.43. The van der Waals surface area contributed by atoms with Gasteiger partial charge in [-0.2, -0.15) is 0 Å². The van der Waals surface area contributed by atoms with E-state index in [1.165, 1.54) is 36.4 Å². The molecule has 0 bridgehead atoms. The number of sulfone groups is 1. The number of carbonyl (C=O) groups is 1. The second-order valence-corrected chi connectivity index (χ2v) is 10.2. The van der Waals surface area contributed by atoms with Crippen molar-refractivity contribution in [3.8, 4) is 17.2 Å². The third kappa shape index (κ3) is 7.82. The van der Waals surface area contributed by atoms with Gasteiger partial charge in [0, 0.05) is 0 Å². The molecule has 0 aliphatic carbocycles. The number of hydroxylamine groups is 2. The largest absolute Gasteiger partial charge is 0.573 e. The standard InChI is InChI=1S/C22H24F3NO8S/c1-21(2)31-12-19(33-21)11-15(26(28)14-27)13-35(29,30)20-9-7-17(8-10-20)32-16-3-5-18(6-4-16)34-22(23,24)25/h3-10,14-15,19,28H,11-13H2,1-2H3/t15-,19?/m0/s1. The van der Waals surface area contributed by atoms with Gasteiger partial charge in [-0.05, 0) is 68.8 Å². The Bertz CT molecular complexity index is 1110. The molecule has 192 valence electrons. The summed E-state index contributed by atoms with van der Waals surface area (Å²) in [5, 5.41) is 10.2. The number of hydrogen-bond acceptors (Lipinski definition) is 8. The van der Waals surface area contributed by atoms with E-state index in [1.807, 2.05) is 0 Å². The zero-order valence-electron chi connectivity index (χ0n) is 18.8. The monoisotopic (exact) mass is 519 g/mol. The molecule has 13 heteroatoms. The molecule has 9 nitrogen and oxygen atoms in total. The first-order chi connectivity index (χ1) is 16.3. The van der Waals surface area contributed by atoms with Gasteiger partial charge in [-0.3, -0.25) is 10.0 Å². The van der Waals surface area contributed by atoms with Crippen molar-refractivity contribution < 1.29 is 50.5 Å². The summed E-state index contributed by atoms with van der Waals surface area (Å²) in [5.41, 5.74) is 0. The van der Waals surface area contributed by atoms with Gasteiger partial charge in [-0.25, -0.2) is 13.5 Å². The van der Waals surface area contributed by atoms with E-state index in [-0.39, 0.29) is 35.8 Å². The van der Waals surface area contributed by atoms with E-state index in [9.17, 15) is 31.6 Å². The van der Waals surface area contributed by atoms with Gasteiger partial charge in [-0.15, -0.1) is 13.2 Å². The van der Waals surface area contributed by atoms with Gasteiger partial charge in [0.05, 0.1) is 29.4 Å². The average molecular weight is 519 g/mol. The van der Waals surface area contributed by atoms with Crippen molar-refractivity contribution in [2.24, 2.45) is 0 Å². The normalized spacial score (nSPS) is 18.6. The van der Waals surface area contributed by atoms with E-state index in [0.29, 0.717) is 5.06 Å². The van der Waals surface area contributed by atoms with Gasteiger partial charge < -0.3 is 18.9 Å². The van der Waals surface area contributed by atoms with Crippen LogP contribution in [0.2, 0.25) is 0 Å². The highest BCUT2D eigenvalue weighted by Crippen LogP contribution is 2.29. The fraction of sp³-hybridized carbons (Fsp3) is 0.409. The van der Waals surface area contributed by atoms with E-state index in [0.717, 1.165) is 12.1 Å². The number of amides is 1. The lowest BCUT2D eigenvalue weighted by Crippen LogP contribution is -2.40. The summed E-state index contributed by atoms with van der Waals surface area (Å²) in [6.45, 7) is 3.58. The smallest absolute Gasteiger partial charge is 0.457 e. The molecule has 1 fully saturated rings. The second-order valence-electron chi connectivity index (χ2n) is 8.20. The molecule has 1 N–H and O–H groups in total. The Labute approximate surface area is 199 Å². The van der Waals surface area contributed by atoms with E-state index in [2.05, 4.69) is 4.74 Å². The van der Waals surface area contributed by atoms with Gasteiger partial charge >= 0.3 is 6.36 Å². The molecule has 1 saturated heterocycles. The van der Waals surface area contributed by atoms with Crippen molar-refractivity contribution in [2.75, 3.05) is 12.4 Å². The minimum Gasteiger partial charge on any atom is -0.457 e. The Hall–Kier alpha value is -2.87. The first-order valence-electron chi connectivity index (χ1n) is 10.4. The first kappa shape index (κ1) is 26.7. The maximum atomic E-state index is 12.9. The highest BCUT2D eigenvalue weighted by molar-refractivity contribution is 7.91. The zero-order chi connectivity index (χ0) is 25.9.